The van der Waals surface area contributed by atoms with Crippen LogP contribution in [0.2, 0.25) is 0 Å². The summed E-state index contributed by atoms with van der Waals surface area (Å²) in [7, 11) is 1.94. The highest BCUT2D eigenvalue weighted by atomic mass is 32.2. The van der Waals surface area contributed by atoms with E-state index in [0.29, 0.717) is 5.75 Å². The highest BCUT2D eigenvalue weighted by Gasteiger charge is 2.16. The van der Waals surface area contributed by atoms with Crippen LogP contribution in [0.3, 0.4) is 0 Å². The number of anilines is 1. The van der Waals surface area contributed by atoms with Crippen molar-refractivity contribution in [1.82, 2.24) is 19.7 Å². The fraction of sp³-hybridized carbons (Fsp3) is 0.471. The SMILES string of the molecule is CSc1ccccc1NC(=O)CSc1nnc(CN2CCOCC2)n1C. The molecule has 1 aliphatic heterocycles. The molecule has 0 radical (unpaired) electrons. The van der Waals surface area contributed by atoms with Crippen molar-refractivity contribution in [3.8, 4) is 0 Å². The monoisotopic (exact) mass is 393 g/mol. The van der Waals surface area contributed by atoms with Gasteiger partial charge in [-0.15, -0.1) is 22.0 Å². The lowest BCUT2D eigenvalue weighted by atomic mass is 10.3. The summed E-state index contributed by atoms with van der Waals surface area (Å²) in [6.45, 7) is 4.09. The van der Waals surface area contributed by atoms with E-state index in [-0.39, 0.29) is 5.91 Å². The second-order valence-corrected chi connectivity index (χ2v) is 7.67. The van der Waals surface area contributed by atoms with E-state index in [4.69, 9.17) is 4.74 Å². The number of nitrogens with one attached hydrogen (secondary N) is 1. The van der Waals surface area contributed by atoms with E-state index in [1.165, 1.54) is 11.8 Å². The quantitative estimate of drug-likeness (QED) is 0.722. The Kier molecular flexibility index (Phi) is 6.95. The Morgan fingerprint density at radius 3 is 2.81 bits per heavy atom. The van der Waals surface area contributed by atoms with Crippen LogP contribution in [-0.2, 0) is 23.1 Å². The second kappa shape index (κ2) is 9.40. The molecule has 7 nitrogen and oxygen atoms in total. The number of carbonyl (C=O) groups excluding carboxylic acids is 1. The van der Waals surface area contributed by atoms with Crippen molar-refractivity contribution >= 4 is 35.1 Å². The molecule has 1 aromatic heterocycles. The summed E-state index contributed by atoms with van der Waals surface area (Å²) in [5.41, 5.74) is 0.844. The summed E-state index contributed by atoms with van der Waals surface area (Å²) in [6, 6.07) is 7.79. The lowest BCUT2D eigenvalue weighted by Crippen LogP contribution is -2.36. The smallest absolute Gasteiger partial charge is 0.234 e. The number of thioether (sulfide) groups is 2. The second-order valence-electron chi connectivity index (χ2n) is 5.88. The fourth-order valence-electron chi connectivity index (χ4n) is 2.63. The molecular formula is C17H23N5O2S2. The van der Waals surface area contributed by atoms with Crippen molar-refractivity contribution in [3.05, 3.63) is 30.1 Å². The topological polar surface area (TPSA) is 72.3 Å². The minimum Gasteiger partial charge on any atom is -0.379 e. The molecule has 9 heteroatoms. The number of hydrogen-bond donors (Lipinski definition) is 1. The molecule has 2 heterocycles. The molecule has 0 aliphatic carbocycles. The molecule has 26 heavy (non-hydrogen) atoms. The van der Waals surface area contributed by atoms with Gasteiger partial charge in [0.15, 0.2) is 5.16 Å². The number of morpholine rings is 1. The minimum absolute atomic E-state index is 0.0470. The summed E-state index contributed by atoms with van der Waals surface area (Å²) in [6.07, 6.45) is 2.00. The molecular weight excluding hydrogens is 370 g/mol. The van der Waals surface area contributed by atoms with Crippen LogP contribution in [-0.4, -0.2) is 63.9 Å². The van der Waals surface area contributed by atoms with Crippen molar-refractivity contribution in [2.75, 3.05) is 43.6 Å². The molecule has 3 rings (SSSR count). The van der Waals surface area contributed by atoms with Crippen LogP contribution in [0.5, 0.6) is 0 Å². The molecule has 0 spiro atoms. The van der Waals surface area contributed by atoms with E-state index in [1.54, 1.807) is 11.8 Å². The predicted molar refractivity (Wildman–Crippen MR) is 105 cm³/mol. The molecule has 1 aromatic carbocycles. The Labute approximate surface area is 161 Å². The maximum absolute atomic E-state index is 12.3. The number of benzene rings is 1. The first-order valence-electron chi connectivity index (χ1n) is 8.41. The van der Waals surface area contributed by atoms with Gasteiger partial charge in [-0.25, -0.2) is 0 Å². The maximum atomic E-state index is 12.3. The summed E-state index contributed by atoms with van der Waals surface area (Å²) in [5, 5.41) is 12.2. The van der Waals surface area contributed by atoms with Crippen LogP contribution in [0.15, 0.2) is 34.3 Å². The average Bonchev–Trinajstić information content (AvgIpc) is 3.01. The Hall–Kier alpha value is -1.55. The average molecular weight is 394 g/mol. The molecule has 2 aromatic rings. The number of carbonyl (C=O) groups is 1. The van der Waals surface area contributed by atoms with Gasteiger partial charge in [0.2, 0.25) is 5.91 Å². The molecule has 1 N–H and O–H groups in total. The van der Waals surface area contributed by atoms with Gasteiger partial charge in [-0.05, 0) is 18.4 Å². The van der Waals surface area contributed by atoms with Gasteiger partial charge in [0.1, 0.15) is 5.82 Å². The van der Waals surface area contributed by atoms with Crippen LogP contribution < -0.4 is 5.32 Å². The lowest BCUT2D eigenvalue weighted by molar-refractivity contribution is -0.113. The van der Waals surface area contributed by atoms with Crippen molar-refractivity contribution in [2.24, 2.45) is 7.05 Å². The Morgan fingerprint density at radius 1 is 1.27 bits per heavy atom. The van der Waals surface area contributed by atoms with Crippen molar-refractivity contribution in [3.63, 3.8) is 0 Å². The van der Waals surface area contributed by atoms with Crippen molar-refractivity contribution < 1.29 is 9.53 Å². The van der Waals surface area contributed by atoms with E-state index < -0.39 is 0 Å². The third-order valence-corrected chi connectivity index (χ3v) is 5.92. The predicted octanol–water partition coefficient (Wildman–Crippen LogP) is 2.10. The molecule has 0 atom stereocenters. The number of para-hydroxylation sites is 1. The summed E-state index contributed by atoms with van der Waals surface area (Å²) < 4.78 is 7.33. The van der Waals surface area contributed by atoms with E-state index in [2.05, 4.69) is 20.4 Å². The van der Waals surface area contributed by atoms with E-state index >= 15 is 0 Å². The molecule has 140 valence electrons. The van der Waals surface area contributed by atoms with Crippen LogP contribution in [0.1, 0.15) is 5.82 Å². The highest BCUT2D eigenvalue weighted by molar-refractivity contribution is 7.99. The molecule has 1 aliphatic rings. The van der Waals surface area contributed by atoms with Gasteiger partial charge in [-0.3, -0.25) is 9.69 Å². The molecule has 1 amide bonds. The molecule has 1 fully saturated rings. The van der Waals surface area contributed by atoms with Crippen LogP contribution in [0.25, 0.3) is 0 Å². The third-order valence-electron chi connectivity index (χ3n) is 4.11. The van der Waals surface area contributed by atoms with Gasteiger partial charge < -0.3 is 14.6 Å². The Morgan fingerprint density at radius 2 is 2.04 bits per heavy atom. The first-order valence-corrected chi connectivity index (χ1v) is 10.6. The highest BCUT2D eigenvalue weighted by Crippen LogP contribution is 2.25. The van der Waals surface area contributed by atoms with Crippen LogP contribution in [0.4, 0.5) is 5.69 Å². The molecule has 0 unspecified atom stereocenters. The summed E-state index contributed by atoms with van der Waals surface area (Å²) in [4.78, 5) is 15.6. The van der Waals surface area contributed by atoms with Crippen molar-refractivity contribution in [1.29, 1.82) is 0 Å². The largest absolute Gasteiger partial charge is 0.379 e. The van der Waals surface area contributed by atoms with Gasteiger partial charge in [0.05, 0.1) is 31.2 Å². The summed E-state index contributed by atoms with van der Waals surface area (Å²) >= 11 is 3.01. The Bertz CT molecular complexity index is 747. The number of amides is 1. The number of hydrogen-bond acceptors (Lipinski definition) is 7. The van der Waals surface area contributed by atoms with Crippen molar-refractivity contribution in [2.45, 2.75) is 16.6 Å². The van der Waals surface area contributed by atoms with Gasteiger partial charge in [-0.2, -0.15) is 0 Å². The maximum Gasteiger partial charge on any atom is 0.234 e. The number of nitrogens with zero attached hydrogens (tertiary/aromatic N) is 4. The third kappa shape index (κ3) is 5.00. The first kappa shape index (κ1) is 19.2. The van der Waals surface area contributed by atoms with E-state index in [0.717, 1.165) is 54.4 Å². The molecule has 0 bridgehead atoms. The number of aromatic nitrogens is 3. The fourth-order valence-corrected chi connectivity index (χ4v) is 3.92. The summed E-state index contributed by atoms with van der Waals surface area (Å²) in [5.74, 6) is 1.16. The van der Waals surface area contributed by atoms with Crippen LogP contribution >= 0.6 is 23.5 Å². The Balaban J connectivity index is 1.53. The molecule has 1 saturated heterocycles. The number of rotatable bonds is 7. The minimum atomic E-state index is -0.0470. The standard InChI is InChI=1S/C17H23N5O2S2/c1-21-15(11-22-7-9-24-10-8-22)19-20-17(21)26-12-16(23)18-13-5-3-4-6-14(13)25-2/h3-6H,7-12H2,1-2H3,(H,18,23). The lowest BCUT2D eigenvalue weighted by Gasteiger charge is -2.25. The van der Waals surface area contributed by atoms with E-state index in [1.807, 2.05) is 42.1 Å². The van der Waals surface area contributed by atoms with Crippen LogP contribution in [0, 0.1) is 0 Å². The molecule has 0 saturated carbocycles. The first-order chi connectivity index (χ1) is 12.7. The number of ether oxygens (including phenoxy) is 1. The van der Waals surface area contributed by atoms with Gasteiger partial charge in [0, 0.05) is 25.0 Å². The normalized spacial score (nSPS) is 15.2. The van der Waals surface area contributed by atoms with Gasteiger partial charge in [-0.1, -0.05) is 23.9 Å². The van der Waals surface area contributed by atoms with Gasteiger partial charge >= 0.3 is 0 Å². The zero-order chi connectivity index (χ0) is 18.4. The zero-order valence-electron chi connectivity index (χ0n) is 15.0. The van der Waals surface area contributed by atoms with Gasteiger partial charge in [0.25, 0.3) is 0 Å². The van der Waals surface area contributed by atoms with E-state index in [9.17, 15) is 4.79 Å². The zero-order valence-corrected chi connectivity index (χ0v) is 16.6.